The molecule has 1 aliphatic heterocycles. The van der Waals surface area contributed by atoms with E-state index in [-0.39, 0.29) is 6.10 Å². The quantitative estimate of drug-likeness (QED) is 0.545. The van der Waals surface area contributed by atoms with Crippen LogP contribution in [0.5, 0.6) is 0 Å². The lowest BCUT2D eigenvalue weighted by molar-refractivity contribution is -0.00209. The number of ether oxygens (including phenoxy) is 1. The van der Waals surface area contributed by atoms with Crippen LogP contribution < -0.4 is 0 Å². The minimum absolute atomic E-state index is 0.0683. The van der Waals surface area contributed by atoms with E-state index in [9.17, 15) is 5.11 Å². The fourth-order valence-electron chi connectivity index (χ4n) is 2.14. The summed E-state index contributed by atoms with van der Waals surface area (Å²) in [7, 11) is 0. The Morgan fingerprint density at radius 3 is 2.90 bits per heavy atom. The maximum Gasteiger partial charge on any atom is 0.0628 e. The SMILES string of the molecule is O[C@H]1CCC[C@H]2OCCC12. The molecule has 1 saturated carbocycles. The highest BCUT2D eigenvalue weighted by Gasteiger charge is 2.36. The molecule has 0 aromatic carbocycles. The van der Waals surface area contributed by atoms with Crippen molar-refractivity contribution in [3.8, 4) is 0 Å². The van der Waals surface area contributed by atoms with Gasteiger partial charge in [-0.05, 0) is 25.7 Å². The number of hydrogen-bond donors (Lipinski definition) is 1. The predicted molar refractivity (Wildman–Crippen MR) is 37.7 cm³/mol. The van der Waals surface area contributed by atoms with Gasteiger partial charge in [-0.2, -0.15) is 0 Å². The molecule has 1 saturated heterocycles. The molecule has 2 fully saturated rings. The third-order valence-corrected chi connectivity index (χ3v) is 2.74. The van der Waals surface area contributed by atoms with Crippen molar-refractivity contribution in [1.29, 1.82) is 0 Å². The first kappa shape index (κ1) is 6.62. The Morgan fingerprint density at radius 1 is 1.20 bits per heavy atom. The Balaban J connectivity index is 2.03. The number of rotatable bonds is 0. The van der Waals surface area contributed by atoms with Gasteiger partial charge in [0.15, 0.2) is 0 Å². The van der Waals surface area contributed by atoms with Crippen molar-refractivity contribution >= 4 is 0 Å². The fraction of sp³-hybridized carbons (Fsp3) is 1.00. The predicted octanol–water partition coefficient (Wildman–Crippen LogP) is 0.936. The van der Waals surface area contributed by atoms with E-state index in [0.29, 0.717) is 12.0 Å². The van der Waals surface area contributed by atoms with Crippen molar-refractivity contribution in [2.45, 2.75) is 37.9 Å². The van der Waals surface area contributed by atoms with Gasteiger partial charge in [-0.15, -0.1) is 0 Å². The van der Waals surface area contributed by atoms with E-state index in [4.69, 9.17) is 4.74 Å². The Morgan fingerprint density at radius 2 is 2.10 bits per heavy atom. The Hall–Kier alpha value is -0.0800. The van der Waals surface area contributed by atoms with Gasteiger partial charge in [0.1, 0.15) is 0 Å². The lowest BCUT2D eigenvalue weighted by Crippen LogP contribution is -2.32. The second-order valence-electron chi connectivity index (χ2n) is 3.36. The number of hydrogen-bond acceptors (Lipinski definition) is 2. The van der Waals surface area contributed by atoms with E-state index < -0.39 is 0 Å². The van der Waals surface area contributed by atoms with E-state index in [1.165, 1.54) is 6.42 Å². The van der Waals surface area contributed by atoms with Crippen LogP contribution in [0.25, 0.3) is 0 Å². The lowest BCUT2D eigenvalue weighted by atomic mass is 9.84. The summed E-state index contributed by atoms with van der Waals surface area (Å²) in [6, 6.07) is 0. The first-order chi connectivity index (χ1) is 4.88. The molecule has 1 unspecified atom stereocenters. The van der Waals surface area contributed by atoms with Gasteiger partial charge in [0.25, 0.3) is 0 Å². The maximum absolute atomic E-state index is 9.50. The summed E-state index contributed by atoms with van der Waals surface area (Å²) in [5, 5.41) is 9.50. The van der Waals surface area contributed by atoms with Crippen LogP contribution in [0.15, 0.2) is 0 Å². The number of fused-ring (bicyclic) bond motifs is 1. The zero-order chi connectivity index (χ0) is 6.97. The first-order valence-corrected chi connectivity index (χ1v) is 4.17. The van der Waals surface area contributed by atoms with E-state index in [2.05, 4.69) is 0 Å². The van der Waals surface area contributed by atoms with E-state index >= 15 is 0 Å². The zero-order valence-electron chi connectivity index (χ0n) is 6.12. The van der Waals surface area contributed by atoms with Crippen LogP contribution in [0.1, 0.15) is 25.7 Å². The summed E-state index contributed by atoms with van der Waals surface area (Å²) < 4.78 is 5.47. The van der Waals surface area contributed by atoms with E-state index in [1.54, 1.807) is 0 Å². The number of aliphatic hydroxyl groups is 1. The Bertz CT molecular complexity index is 124. The second kappa shape index (κ2) is 2.51. The third kappa shape index (κ3) is 0.956. The molecule has 0 spiro atoms. The summed E-state index contributed by atoms with van der Waals surface area (Å²) >= 11 is 0. The molecule has 1 heterocycles. The average Bonchev–Trinajstić information content (AvgIpc) is 2.36. The largest absolute Gasteiger partial charge is 0.393 e. The molecule has 2 nitrogen and oxygen atoms in total. The second-order valence-corrected chi connectivity index (χ2v) is 3.36. The average molecular weight is 142 g/mol. The van der Waals surface area contributed by atoms with Gasteiger partial charge < -0.3 is 9.84 Å². The van der Waals surface area contributed by atoms with Crippen LogP contribution in [-0.4, -0.2) is 23.9 Å². The van der Waals surface area contributed by atoms with Gasteiger partial charge in [0.2, 0.25) is 0 Å². The molecular formula is C8H14O2. The van der Waals surface area contributed by atoms with Crippen LogP contribution in [0.2, 0.25) is 0 Å². The zero-order valence-corrected chi connectivity index (χ0v) is 6.12. The normalized spacial score (nSPS) is 47.1. The van der Waals surface area contributed by atoms with Gasteiger partial charge in [-0.1, -0.05) is 0 Å². The molecule has 0 amide bonds. The van der Waals surface area contributed by atoms with Crippen LogP contribution >= 0.6 is 0 Å². The molecule has 0 aromatic rings. The van der Waals surface area contributed by atoms with Crippen molar-refractivity contribution in [2.24, 2.45) is 5.92 Å². The van der Waals surface area contributed by atoms with E-state index in [1.807, 2.05) is 0 Å². The van der Waals surface area contributed by atoms with Gasteiger partial charge in [-0.25, -0.2) is 0 Å². The van der Waals surface area contributed by atoms with Gasteiger partial charge in [-0.3, -0.25) is 0 Å². The monoisotopic (exact) mass is 142 g/mol. The summed E-state index contributed by atoms with van der Waals surface area (Å²) in [5.41, 5.74) is 0. The van der Waals surface area contributed by atoms with Crippen LogP contribution in [0, 0.1) is 5.92 Å². The molecule has 2 rings (SSSR count). The molecular weight excluding hydrogens is 128 g/mol. The van der Waals surface area contributed by atoms with Gasteiger partial charge in [0.05, 0.1) is 12.2 Å². The van der Waals surface area contributed by atoms with Gasteiger partial charge >= 0.3 is 0 Å². The van der Waals surface area contributed by atoms with Crippen molar-refractivity contribution in [3.05, 3.63) is 0 Å². The Kier molecular flexibility index (Phi) is 1.66. The summed E-state index contributed by atoms with van der Waals surface area (Å²) in [5.74, 6) is 0.466. The molecule has 58 valence electrons. The summed E-state index contributed by atoms with van der Waals surface area (Å²) in [6.45, 7) is 0.867. The van der Waals surface area contributed by atoms with Crippen LogP contribution in [-0.2, 0) is 4.74 Å². The maximum atomic E-state index is 9.50. The first-order valence-electron chi connectivity index (χ1n) is 4.17. The minimum atomic E-state index is -0.0683. The minimum Gasteiger partial charge on any atom is -0.393 e. The third-order valence-electron chi connectivity index (χ3n) is 2.74. The van der Waals surface area contributed by atoms with Crippen LogP contribution in [0.3, 0.4) is 0 Å². The highest BCUT2D eigenvalue weighted by molar-refractivity contribution is 4.86. The summed E-state index contributed by atoms with van der Waals surface area (Å²) in [6.07, 6.45) is 4.70. The molecule has 1 aliphatic carbocycles. The molecule has 1 N–H and O–H groups in total. The molecule has 2 heteroatoms. The Labute approximate surface area is 61.2 Å². The molecule has 10 heavy (non-hydrogen) atoms. The smallest absolute Gasteiger partial charge is 0.0628 e. The summed E-state index contributed by atoms with van der Waals surface area (Å²) in [4.78, 5) is 0. The number of aliphatic hydroxyl groups excluding tert-OH is 1. The van der Waals surface area contributed by atoms with Crippen LogP contribution in [0.4, 0.5) is 0 Å². The molecule has 2 aliphatic rings. The highest BCUT2D eigenvalue weighted by Crippen LogP contribution is 2.33. The molecule has 3 atom stereocenters. The standard InChI is InChI=1S/C8H14O2/c9-7-2-1-3-8-6(7)4-5-10-8/h6-9H,1-5H2/t6?,7-,8+/m0/s1. The van der Waals surface area contributed by atoms with Crippen molar-refractivity contribution in [1.82, 2.24) is 0 Å². The molecule has 0 radical (unpaired) electrons. The fourth-order valence-corrected chi connectivity index (χ4v) is 2.14. The lowest BCUT2D eigenvalue weighted by Gasteiger charge is -2.28. The van der Waals surface area contributed by atoms with Crippen molar-refractivity contribution < 1.29 is 9.84 Å². The topological polar surface area (TPSA) is 29.5 Å². The van der Waals surface area contributed by atoms with Crippen molar-refractivity contribution in [3.63, 3.8) is 0 Å². The molecule has 0 aromatic heterocycles. The highest BCUT2D eigenvalue weighted by atomic mass is 16.5. The molecule has 0 bridgehead atoms. The van der Waals surface area contributed by atoms with Crippen molar-refractivity contribution in [2.75, 3.05) is 6.61 Å². The van der Waals surface area contributed by atoms with E-state index in [0.717, 1.165) is 25.9 Å². The van der Waals surface area contributed by atoms with Gasteiger partial charge in [0, 0.05) is 12.5 Å².